The standard InChI is InChI=1S/C18H22ClN3O/c1-14(15-4-3-7-20-13-15)21-8-10-22(11-9-21)17-12-16(19)5-6-18(17)23-2/h3-7,12-14H,8-11H2,1-2H3. The summed E-state index contributed by atoms with van der Waals surface area (Å²) in [6.07, 6.45) is 3.77. The van der Waals surface area contributed by atoms with Gasteiger partial charge < -0.3 is 9.64 Å². The molecule has 0 saturated carbocycles. The number of hydrogen-bond donors (Lipinski definition) is 0. The third-order valence-corrected chi connectivity index (χ3v) is 4.75. The second-order valence-electron chi connectivity index (χ2n) is 5.80. The molecule has 0 aliphatic carbocycles. The van der Waals surface area contributed by atoms with Crippen LogP contribution in [-0.4, -0.2) is 43.2 Å². The van der Waals surface area contributed by atoms with Crippen LogP contribution in [0.1, 0.15) is 18.5 Å². The number of pyridine rings is 1. The van der Waals surface area contributed by atoms with Crippen LogP contribution in [0.15, 0.2) is 42.7 Å². The molecule has 1 aromatic carbocycles. The summed E-state index contributed by atoms with van der Waals surface area (Å²) in [5.74, 6) is 0.878. The fourth-order valence-electron chi connectivity index (χ4n) is 3.09. The second-order valence-corrected chi connectivity index (χ2v) is 6.24. The maximum absolute atomic E-state index is 6.15. The summed E-state index contributed by atoms with van der Waals surface area (Å²) >= 11 is 6.15. The Bertz CT molecular complexity index is 642. The van der Waals surface area contributed by atoms with Crippen molar-refractivity contribution in [2.75, 3.05) is 38.2 Å². The maximum Gasteiger partial charge on any atom is 0.142 e. The van der Waals surface area contributed by atoms with Gasteiger partial charge in [0.15, 0.2) is 0 Å². The predicted molar refractivity (Wildman–Crippen MR) is 94.4 cm³/mol. The first kappa shape index (κ1) is 16.1. The molecule has 2 heterocycles. The molecule has 1 aromatic heterocycles. The Kier molecular flexibility index (Phi) is 5.03. The van der Waals surface area contributed by atoms with E-state index < -0.39 is 0 Å². The van der Waals surface area contributed by atoms with Gasteiger partial charge in [-0.05, 0) is 36.8 Å². The molecular weight excluding hydrogens is 310 g/mol. The first-order valence-electron chi connectivity index (χ1n) is 7.91. The van der Waals surface area contributed by atoms with Crippen molar-refractivity contribution in [2.24, 2.45) is 0 Å². The molecular formula is C18H22ClN3O. The monoisotopic (exact) mass is 331 g/mol. The van der Waals surface area contributed by atoms with Crippen LogP contribution in [0.2, 0.25) is 5.02 Å². The number of piperazine rings is 1. The molecule has 3 rings (SSSR count). The highest BCUT2D eigenvalue weighted by molar-refractivity contribution is 6.30. The van der Waals surface area contributed by atoms with Crippen molar-refractivity contribution in [3.8, 4) is 5.75 Å². The molecule has 1 aliphatic heterocycles. The second kappa shape index (κ2) is 7.20. The van der Waals surface area contributed by atoms with Gasteiger partial charge in [0.25, 0.3) is 0 Å². The van der Waals surface area contributed by atoms with Gasteiger partial charge in [-0.25, -0.2) is 0 Å². The lowest BCUT2D eigenvalue weighted by Crippen LogP contribution is -2.47. The fourth-order valence-corrected chi connectivity index (χ4v) is 3.26. The third-order valence-electron chi connectivity index (χ3n) is 4.51. The topological polar surface area (TPSA) is 28.6 Å². The molecule has 0 spiro atoms. The molecule has 122 valence electrons. The fraction of sp³-hybridized carbons (Fsp3) is 0.389. The largest absolute Gasteiger partial charge is 0.495 e. The van der Waals surface area contributed by atoms with Gasteiger partial charge in [0, 0.05) is 49.6 Å². The van der Waals surface area contributed by atoms with E-state index in [1.807, 2.05) is 36.7 Å². The molecule has 5 heteroatoms. The SMILES string of the molecule is COc1ccc(Cl)cc1N1CCN(C(C)c2cccnc2)CC1. The Morgan fingerprint density at radius 1 is 1.17 bits per heavy atom. The van der Waals surface area contributed by atoms with Crippen LogP contribution in [0.4, 0.5) is 5.69 Å². The first-order chi connectivity index (χ1) is 11.2. The van der Waals surface area contributed by atoms with Gasteiger partial charge in [0.05, 0.1) is 12.8 Å². The molecule has 0 bridgehead atoms. The van der Waals surface area contributed by atoms with E-state index in [1.54, 1.807) is 7.11 Å². The van der Waals surface area contributed by atoms with Crippen LogP contribution in [0, 0.1) is 0 Å². The molecule has 2 aromatic rings. The number of benzene rings is 1. The number of aromatic nitrogens is 1. The zero-order chi connectivity index (χ0) is 16.2. The minimum absolute atomic E-state index is 0.382. The Balaban J connectivity index is 1.68. The molecule has 1 aliphatic rings. The zero-order valence-electron chi connectivity index (χ0n) is 13.6. The van der Waals surface area contributed by atoms with Gasteiger partial charge in [-0.15, -0.1) is 0 Å². The smallest absolute Gasteiger partial charge is 0.142 e. The van der Waals surface area contributed by atoms with E-state index in [0.717, 1.165) is 42.6 Å². The average Bonchev–Trinajstić information content (AvgIpc) is 2.62. The van der Waals surface area contributed by atoms with E-state index in [0.29, 0.717) is 6.04 Å². The van der Waals surface area contributed by atoms with Gasteiger partial charge >= 0.3 is 0 Å². The van der Waals surface area contributed by atoms with E-state index in [4.69, 9.17) is 16.3 Å². The predicted octanol–water partition coefficient (Wildman–Crippen LogP) is 3.63. The Morgan fingerprint density at radius 3 is 2.61 bits per heavy atom. The van der Waals surface area contributed by atoms with E-state index in [9.17, 15) is 0 Å². The van der Waals surface area contributed by atoms with Crippen LogP contribution < -0.4 is 9.64 Å². The number of hydrogen-bond acceptors (Lipinski definition) is 4. The molecule has 0 N–H and O–H groups in total. The Labute approximate surface area is 142 Å². The van der Waals surface area contributed by atoms with Gasteiger partial charge in [-0.2, -0.15) is 0 Å². The van der Waals surface area contributed by atoms with E-state index in [1.165, 1.54) is 5.56 Å². The van der Waals surface area contributed by atoms with E-state index >= 15 is 0 Å². The average molecular weight is 332 g/mol. The van der Waals surface area contributed by atoms with Crippen LogP contribution in [0.3, 0.4) is 0 Å². The van der Waals surface area contributed by atoms with Crippen molar-refractivity contribution in [1.29, 1.82) is 0 Å². The summed E-state index contributed by atoms with van der Waals surface area (Å²) in [6, 6.07) is 10.3. The van der Waals surface area contributed by atoms with Crippen molar-refractivity contribution in [2.45, 2.75) is 13.0 Å². The van der Waals surface area contributed by atoms with Crippen LogP contribution >= 0.6 is 11.6 Å². The molecule has 4 nitrogen and oxygen atoms in total. The minimum atomic E-state index is 0.382. The van der Waals surface area contributed by atoms with Crippen molar-refractivity contribution >= 4 is 17.3 Å². The molecule has 0 amide bonds. The number of ether oxygens (including phenoxy) is 1. The number of nitrogens with zero attached hydrogens (tertiary/aromatic N) is 3. The minimum Gasteiger partial charge on any atom is -0.495 e. The number of methoxy groups -OCH3 is 1. The Morgan fingerprint density at radius 2 is 1.96 bits per heavy atom. The lowest BCUT2D eigenvalue weighted by atomic mass is 10.1. The summed E-state index contributed by atoms with van der Waals surface area (Å²) in [7, 11) is 1.70. The van der Waals surface area contributed by atoms with Crippen LogP contribution in [0.25, 0.3) is 0 Å². The molecule has 23 heavy (non-hydrogen) atoms. The number of halogens is 1. The highest BCUT2D eigenvalue weighted by Gasteiger charge is 2.23. The summed E-state index contributed by atoms with van der Waals surface area (Å²) in [4.78, 5) is 9.06. The first-order valence-corrected chi connectivity index (χ1v) is 8.29. The van der Waals surface area contributed by atoms with Gasteiger partial charge in [0.1, 0.15) is 5.75 Å². The number of anilines is 1. The highest BCUT2D eigenvalue weighted by Crippen LogP contribution is 2.32. The molecule has 0 radical (unpaired) electrons. The quantitative estimate of drug-likeness (QED) is 0.855. The highest BCUT2D eigenvalue weighted by atomic mass is 35.5. The summed E-state index contributed by atoms with van der Waals surface area (Å²) in [6.45, 7) is 6.17. The molecule has 1 saturated heterocycles. The normalized spacial score (nSPS) is 17.1. The van der Waals surface area contributed by atoms with Crippen molar-refractivity contribution in [3.05, 3.63) is 53.3 Å². The summed E-state index contributed by atoms with van der Waals surface area (Å²) < 4.78 is 5.47. The molecule has 1 fully saturated rings. The lowest BCUT2D eigenvalue weighted by molar-refractivity contribution is 0.198. The van der Waals surface area contributed by atoms with E-state index in [2.05, 4.69) is 27.8 Å². The van der Waals surface area contributed by atoms with E-state index in [-0.39, 0.29) is 0 Å². The summed E-state index contributed by atoms with van der Waals surface area (Å²) in [5.41, 5.74) is 2.34. The maximum atomic E-state index is 6.15. The van der Waals surface area contributed by atoms with Crippen molar-refractivity contribution in [1.82, 2.24) is 9.88 Å². The number of rotatable bonds is 4. The molecule has 1 unspecified atom stereocenters. The Hall–Kier alpha value is -1.78. The van der Waals surface area contributed by atoms with Crippen molar-refractivity contribution < 1.29 is 4.74 Å². The zero-order valence-corrected chi connectivity index (χ0v) is 14.3. The third kappa shape index (κ3) is 3.59. The van der Waals surface area contributed by atoms with Gasteiger partial charge in [-0.1, -0.05) is 17.7 Å². The molecule has 1 atom stereocenters. The van der Waals surface area contributed by atoms with Crippen molar-refractivity contribution in [3.63, 3.8) is 0 Å². The van der Waals surface area contributed by atoms with Crippen LogP contribution in [0.5, 0.6) is 5.75 Å². The summed E-state index contributed by atoms with van der Waals surface area (Å²) in [5, 5.41) is 0.743. The van der Waals surface area contributed by atoms with Gasteiger partial charge in [0.2, 0.25) is 0 Å². The lowest BCUT2D eigenvalue weighted by Gasteiger charge is -2.39. The van der Waals surface area contributed by atoms with Crippen LogP contribution in [-0.2, 0) is 0 Å². The van der Waals surface area contributed by atoms with Gasteiger partial charge in [-0.3, -0.25) is 9.88 Å².